The molecule has 1 atom stereocenters. The minimum Gasteiger partial charge on any atom is -0.469 e. The largest absolute Gasteiger partial charge is 0.469 e. The molecule has 0 spiro atoms. The lowest BCUT2D eigenvalue weighted by molar-refractivity contribution is 0.185. The first kappa shape index (κ1) is 14.6. The van der Waals surface area contributed by atoms with Gasteiger partial charge in [0.15, 0.2) is 0 Å². The van der Waals surface area contributed by atoms with Crippen molar-refractivity contribution in [3.05, 3.63) is 24.2 Å². The molecule has 1 aliphatic carbocycles. The molecular formula is C17H29NO. The maximum absolute atomic E-state index is 5.52. The van der Waals surface area contributed by atoms with Crippen molar-refractivity contribution in [3.8, 4) is 0 Å². The minimum absolute atomic E-state index is 0.587. The minimum atomic E-state index is 0.587. The van der Waals surface area contributed by atoms with E-state index in [9.17, 15) is 0 Å². The summed E-state index contributed by atoms with van der Waals surface area (Å²) in [7, 11) is 0. The van der Waals surface area contributed by atoms with Gasteiger partial charge in [0.2, 0.25) is 0 Å². The third-order valence-electron chi connectivity index (χ3n) is 4.80. The van der Waals surface area contributed by atoms with E-state index in [2.05, 4.69) is 32.2 Å². The highest BCUT2D eigenvalue weighted by Crippen LogP contribution is 2.35. The Labute approximate surface area is 118 Å². The number of hydrogen-bond acceptors (Lipinski definition) is 2. The molecule has 2 rings (SSSR count). The molecule has 1 fully saturated rings. The van der Waals surface area contributed by atoms with Crippen molar-refractivity contribution < 1.29 is 4.42 Å². The lowest BCUT2D eigenvalue weighted by Gasteiger charge is -2.35. The number of rotatable bonds is 6. The molecule has 0 amide bonds. The van der Waals surface area contributed by atoms with Crippen LogP contribution in [0, 0.1) is 17.8 Å². The van der Waals surface area contributed by atoms with E-state index >= 15 is 0 Å². The second-order valence-corrected chi connectivity index (χ2v) is 6.37. The van der Waals surface area contributed by atoms with E-state index < -0.39 is 0 Å². The van der Waals surface area contributed by atoms with Gasteiger partial charge in [0.05, 0.1) is 6.26 Å². The van der Waals surface area contributed by atoms with Crippen molar-refractivity contribution in [1.82, 2.24) is 5.32 Å². The van der Waals surface area contributed by atoms with Crippen LogP contribution in [0.15, 0.2) is 22.8 Å². The number of likely N-dealkylation sites (N-methyl/N-ethyl adjacent to an activating group) is 1. The first-order valence-electron chi connectivity index (χ1n) is 7.96. The van der Waals surface area contributed by atoms with Gasteiger partial charge in [0.1, 0.15) is 5.76 Å². The van der Waals surface area contributed by atoms with Crippen LogP contribution < -0.4 is 5.32 Å². The molecule has 0 aromatic carbocycles. The van der Waals surface area contributed by atoms with Crippen molar-refractivity contribution in [2.45, 2.75) is 58.9 Å². The molecule has 1 aliphatic rings. The molecule has 2 heteroatoms. The van der Waals surface area contributed by atoms with Crippen molar-refractivity contribution in [1.29, 1.82) is 0 Å². The van der Waals surface area contributed by atoms with Gasteiger partial charge >= 0.3 is 0 Å². The molecule has 108 valence electrons. The number of hydrogen-bond donors (Lipinski definition) is 1. The van der Waals surface area contributed by atoms with Crippen molar-refractivity contribution in [2.24, 2.45) is 17.8 Å². The highest BCUT2D eigenvalue weighted by atomic mass is 16.3. The van der Waals surface area contributed by atoms with Crippen LogP contribution in [0.25, 0.3) is 0 Å². The molecule has 1 saturated carbocycles. The molecule has 0 radical (unpaired) electrons. The molecule has 0 saturated heterocycles. The quantitative estimate of drug-likeness (QED) is 0.829. The Morgan fingerprint density at radius 2 is 1.89 bits per heavy atom. The fraction of sp³-hybridized carbons (Fsp3) is 0.765. The van der Waals surface area contributed by atoms with Crippen LogP contribution in [-0.4, -0.2) is 12.6 Å². The smallest absolute Gasteiger partial charge is 0.105 e. The molecule has 0 aliphatic heterocycles. The first-order valence-corrected chi connectivity index (χ1v) is 7.96. The Morgan fingerprint density at radius 3 is 2.42 bits per heavy atom. The van der Waals surface area contributed by atoms with Crippen LogP contribution in [0.4, 0.5) is 0 Å². The Morgan fingerprint density at radius 1 is 1.21 bits per heavy atom. The molecule has 1 aromatic rings. The molecule has 0 bridgehead atoms. The molecule has 1 aromatic heterocycles. The van der Waals surface area contributed by atoms with Gasteiger partial charge in [0, 0.05) is 12.5 Å². The molecular weight excluding hydrogens is 234 g/mol. The van der Waals surface area contributed by atoms with Gasteiger partial charge in [-0.25, -0.2) is 0 Å². The topological polar surface area (TPSA) is 25.2 Å². The third kappa shape index (κ3) is 4.10. The van der Waals surface area contributed by atoms with Crippen LogP contribution in [0.2, 0.25) is 0 Å². The molecule has 1 N–H and O–H groups in total. The standard InChI is InChI=1S/C17H29NO/c1-4-18-17(12-16-6-5-11-19-16)15-9-7-14(8-10-15)13(2)3/h5-6,11,13-15,17-18H,4,7-10,12H2,1-3H3. The second-order valence-electron chi connectivity index (χ2n) is 6.37. The second kappa shape index (κ2) is 7.14. The fourth-order valence-corrected chi connectivity index (χ4v) is 3.53. The molecule has 19 heavy (non-hydrogen) atoms. The number of furan rings is 1. The van der Waals surface area contributed by atoms with Gasteiger partial charge in [-0.3, -0.25) is 0 Å². The first-order chi connectivity index (χ1) is 9.20. The van der Waals surface area contributed by atoms with Crippen LogP contribution in [0.3, 0.4) is 0 Å². The zero-order valence-electron chi connectivity index (χ0n) is 12.7. The van der Waals surface area contributed by atoms with Crippen LogP contribution in [-0.2, 0) is 6.42 Å². The predicted molar refractivity (Wildman–Crippen MR) is 80.2 cm³/mol. The van der Waals surface area contributed by atoms with E-state index in [0.717, 1.165) is 36.5 Å². The van der Waals surface area contributed by atoms with Crippen molar-refractivity contribution >= 4 is 0 Å². The normalized spacial score (nSPS) is 25.7. The zero-order chi connectivity index (χ0) is 13.7. The highest BCUT2D eigenvalue weighted by Gasteiger charge is 2.28. The SMILES string of the molecule is CCNC(Cc1ccco1)C1CCC(C(C)C)CC1. The van der Waals surface area contributed by atoms with E-state index in [1.807, 2.05) is 6.07 Å². The van der Waals surface area contributed by atoms with Gasteiger partial charge in [-0.1, -0.05) is 20.8 Å². The predicted octanol–water partition coefficient (Wildman–Crippen LogP) is 4.26. The molecule has 1 heterocycles. The van der Waals surface area contributed by atoms with E-state index in [-0.39, 0.29) is 0 Å². The molecule has 1 unspecified atom stereocenters. The fourth-order valence-electron chi connectivity index (χ4n) is 3.53. The highest BCUT2D eigenvalue weighted by molar-refractivity contribution is 5.01. The average molecular weight is 263 g/mol. The van der Waals surface area contributed by atoms with Gasteiger partial charge in [0.25, 0.3) is 0 Å². The Balaban J connectivity index is 1.89. The monoisotopic (exact) mass is 263 g/mol. The van der Waals surface area contributed by atoms with E-state index in [0.29, 0.717) is 6.04 Å². The lowest BCUT2D eigenvalue weighted by Crippen LogP contribution is -2.40. The van der Waals surface area contributed by atoms with Crippen LogP contribution in [0.1, 0.15) is 52.2 Å². The van der Waals surface area contributed by atoms with Crippen LogP contribution in [0.5, 0.6) is 0 Å². The summed E-state index contributed by atoms with van der Waals surface area (Å²) in [4.78, 5) is 0. The summed E-state index contributed by atoms with van der Waals surface area (Å²) in [5.41, 5.74) is 0. The summed E-state index contributed by atoms with van der Waals surface area (Å²) in [6.45, 7) is 8.00. The van der Waals surface area contributed by atoms with Crippen molar-refractivity contribution in [2.75, 3.05) is 6.54 Å². The summed E-state index contributed by atoms with van der Waals surface area (Å²) in [5.74, 6) is 3.74. The van der Waals surface area contributed by atoms with Crippen LogP contribution >= 0.6 is 0 Å². The van der Waals surface area contributed by atoms with E-state index in [1.165, 1.54) is 25.7 Å². The Kier molecular flexibility index (Phi) is 5.50. The van der Waals surface area contributed by atoms with E-state index in [1.54, 1.807) is 6.26 Å². The Bertz CT molecular complexity index is 336. The Hall–Kier alpha value is -0.760. The van der Waals surface area contributed by atoms with Gasteiger partial charge < -0.3 is 9.73 Å². The van der Waals surface area contributed by atoms with Gasteiger partial charge in [-0.15, -0.1) is 0 Å². The van der Waals surface area contributed by atoms with Gasteiger partial charge in [-0.05, 0) is 62.1 Å². The van der Waals surface area contributed by atoms with Crippen molar-refractivity contribution in [3.63, 3.8) is 0 Å². The molecule has 2 nitrogen and oxygen atoms in total. The maximum Gasteiger partial charge on any atom is 0.105 e. The summed E-state index contributed by atoms with van der Waals surface area (Å²) in [6, 6.07) is 4.68. The van der Waals surface area contributed by atoms with E-state index in [4.69, 9.17) is 4.42 Å². The summed E-state index contributed by atoms with van der Waals surface area (Å²) >= 11 is 0. The number of nitrogens with one attached hydrogen (secondary N) is 1. The summed E-state index contributed by atoms with van der Waals surface area (Å²) in [6.07, 6.45) is 8.39. The average Bonchev–Trinajstić information content (AvgIpc) is 2.91. The van der Waals surface area contributed by atoms with Gasteiger partial charge in [-0.2, -0.15) is 0 Å². The maximum atomic E-state index is 5.52. The summed E-state index contributed by atoms with van der Waals surface area (Å²) < 4.78 is 5.52. The third-order valence-corrected chi connectivity index (χ3v) is 4.80. The zero-order valence-corrected chi connectivity index (χ0v) is 12.7. The lowest BCUT2D eigenvalue weighted by atomic mass is 9.74. The summed E-state index contributed by atoms with van der Waals surface area (Å²) in [5, 5.41) is 3.67.